The first-order valence-electron chi connectivity index (χ1n) is 6.86. The Morgan fingerprint density at radius 1 is 0.947 bits per heavy atom. The molecule has 1 atom stereocenters. The minimum absolute atomic E-state index is 0.575. The zero-order valence-corrected chi connectivity index (χ0v) is 11.3. The van der Waals surface area contributed by atoms with Crippen LogP contribution in [0, 0.1) is 0 Å². The number of nitrogens with zero attached hydrogens (tertiary/aromatic N) is 1. The number of rotatable bonds is 3. The van der Waals surface area contributed by atoms with Crippen molar-refractivity contribution in [2.75, 3.05) is 13.6 Å². The molecule has 19 heavy (non-hydrogen) atoms. The van der Waals surface area contributed by atoms with Gasteiger partial charge in [0.15, 0.2) is 0 Å². The SMILES string of the molecule is CN1CCCC1c1ccc(Oc2ccccc2)cc1. The maximum absolute atomic E-state index is 5.81. The van der Waals surface area contributed by atoms with Crippen LogP contribution in [0.5, 0.6) is 11.5 Å². The molecule has 2 heteroatoms. The highest BCUT2D eigenvalue weighted by Gasteiger charge is 2.22. The normalized spacial score (nSPS) is 19.5. The third-order valence-electron chi connectivity index (χ3n) is 3.76. The van der Waals surface area contributed by atoms with Crippen LogP contribution in [0.4, 0.5) is 0 Å². The predicted octanol–water partition coefficient (Wildman–Crippen LogP) is 4.25. The van der Waals surface area contributed by atoms with Crippen molar-refractivity contribution in [2.45, 2.75) is 18.9 Å². The predicted molar refractivity (Wildman–Crippen MR) is 77.6 cm³/mol. The lowest BCUT2D eigenvalue weighted by Crippen LogP contribution is -2.17. The molecule has 0 amide bonds. The summed E-state index contributed by atoms with van der Waals surface area (Å²) in [6, 6.07) is 19.0. The lowest BCUT2D eigenvalue weighted by atomic mass is 10.0. The maximum Gasteiger partial charge on any atom is 0.127 e. The van der Waals surface area contributed by atoms with Crippen molar-refractivity contribution in [1.82, 2.24) is 4.90 Å². The number of likely N-dealkylation sites (tertiary alicyclic amines) is 1. The number of hydrogen-bond acceptors (Lipinski definition) is 2. The zero-order valence-electron chi connectivity index (χ0n) is 11.3. The number of benzene rings is 2. The molecule has 0 spiro atoms. The largest absolute Gasteiger partial charge is 0.457 e. The van der Waals surface area contributed by atoms with Gasteiger partial charge in [0, 0.05) is 6.04 Å². The molecule has 0 radical (unpaired) electrons. The smallest absolute Gasteiger partial charge is 0.127 e. The van der Waals surface area contributed by atoms with Crippen LogP contribution in [-0.4, -0.2) is 18.5 Å². The van der Waals surface area contributed by atoms with Gasteiger partial charge >= 0.3 is 0 Å². The molecule has 2 aromatic rings. The highest BCUT2D eigenvalue weighted by Crippen LogP contribution is 2.31. The van der Waals surface area contributed by atoms with Crippen LogP contribution < -0.4 is 4.74 Å². The molecule has 1 heterocycles. The number of hydrogen-bond donors (Lipinski definition) is 0. The molecular weight excluding hydrogens is 234 g/mol. The first-order valence-corrected chi connectivity index (χ1v) is 6.86. The van der Waals surface area contributed by atoms with Crippen LogP contribution in [0.3, 0.4) is 0 Å². The molecule has 0 N–H and O–H groups in total. The van der Waals surface area contributed by atoms with E-state index in [9.17, 15) is 0 Å². The molecule has 2 nitrogen and oxygen atoms in total. The van der Waals surface area contributed by atoms with E-state index in [2.05, 4.69) is 36.2 Å². The van der Waals surface area contributed by atoms with Crippen LogP contribution in [0.25, 0.3) is 0 Å². The van der Waals surface area contributed by atoms with E-state index in [1.54, 1.807) is 0 Å². The fraction of sp³-hybridized carbons (Fsp3) is 0.294. The average molecular weight is 253 g/mol. The molecule has 0 saturated carbocycles. The Kier molecular flexibility index (Phi) is 3.51. The molecule has 1 saturated heterocycles. The molecular formula is C17H19NO. The van der Waals surface area contributed by atoms with Crippen LogP contribution in [-0.2, 0) is 0 Å². The summed E-state index contributed by atoms with van der Waals surface area (Å²) in [6.07, 6.45) is 2.55. The first-order chi connectivity index (χ1) is 9.33. The molecule has 3 rings (SSSR count). The van der Waals surface area contributed by atoms with Crippen molar-refractivity contribution >= 4 is 0 Å². The Labute approximate surface area is 114 Å². The minimum atomic E-state index is 0.575. The van der Waals surface area contributed by atoms with E-state index >= 15 is 0 Å². The van der Waals surface area contributed by atoms with Gasteiger partial charge in [-0.05, 0) is 56.3 Å². The van der Waals surface area contributed by atoms with Gasteiger partial charge in [-0.1, -0.05) is 30.3 Å². The van der Waals surface area contributed by atoms with Crippen LogP contribution in [0.1, 0.15) is 24.4 Å². The molecule has 1 aliphatic heterocycles. The van der Waals surface area contributed by atoms with Crippen molar-refractivity contribution in [3.8, 4) is 11.5 Å². The first kappa shape index (κ1) is 12.2. The molecule has 1 fully saturated rings. The van der Waals surface area contributed by atoms with Crippen LogP contribution in [0.2, 0.25) is 0 Å². The van der Waals surface area contributed by atoms with Crippen LogP contribution in [0.15, 0.2) is 54.6 Å². The Balaban J connectivity index is 1.72. The summed E-state index contributed by atoms with van der Waals surface area (Å²) in [5.74, 6) is 1.78. The summed E-state index contributed by atoms with van der Waals surface area (Å²) in [7, 11) is 2.20. The van der Waals surface area contributed by atoms with E-state index in [1.807, 2.05) is 30.3 Å². The van der Waals surface area contributed by atoms with E-state index < -0.39 is 0 Å². The Hall–Kier alpha value is -1.80. The topological polar surface area (TPSA) is 12.5 Å². The fourth-order valence-corrected chi connectivity index (χ4v) is 2.71. The summed E-state index contributed by atoms with van der Waals surface area (Å²) < 4.78 is 5.81. The summed E-state index contributed by atoms with van der Waals surface area (Å²) in [5, 5.41) is 0. The van der Waals surface area contributed by atoms with Crippen molar-refractivity contribution in [3.05, 3.63) is 60.2 Å². The van der Waals surface area contributed by atoms with Gasteiger partial charge in [-0.3, -0.25) is 4.90 Å². The van der Waals surface area contributed by atoms with Crippen molar-refractivity contribution < 1.29 is 4.74 Å². The van der Waals surface area contributed by atoms with E-state index in [1.165, 1.54) is 24.9 Å². The Morgan fingerprint density at radius 3 is 2.26 bits per heavy atom. The van der Waals surface area contributed by atoms with E-state index in [0.717, 1.165) is 11.5 Å². The van der Waals surface area contributed by atoms with Gasteiger partial charge in [-0.25, -0.2) is 0 Å². The standard InChI is InChI=1S/C17H19NO/c1-18-13-5-8-17(18)14-9-11-16(12-10-14)19-15-6-3-2-4-7-15/h2-4,6-7,9-12,17H,5,8,13H2,1H3. The quantitative estimate of drug-likeness (QED) is 0.811. The fourth-order valence-electron chi connectivity index (χ4n) is 2.71. The van der Waals surface area contributed by atoms with Crippen molar-refractivity contribution in [3.63, 3.8) is 0 Å². The van der Waals surface area contributed by atoms with Gasteiger partial charge < -0.3 is 4.74 Å². The third kappa shape index (κ3) is 2.79. The average Bonchev–Trinajstić information content (AvgIpc) is 2.87. The molecule has 1 unspecified atom stereocenters. The molecule has 0 bridgehead atoms. The second-order valence-electron chi connectivity index (χ2n) is 5.12. The maximum atomic E-state index is 5.81. The van der Waals surface area contributed by atoms with Gasteiger partial charge in [0.25, 0.3) is 0 Å². The van der Waals surface area contributed by atoms with Crippen LogP contribution >= 0.6 is 0 Å². The molecule has 98 valence electrons. The number of para-hydroxylation sites is 1. The van der Waals surface area contributed by atoms with E-state index in [0.29, 0.717) is 6.04 Å². The van der Waals surface area contributed by atoms with Crippen molar-refractivity contribution in [2.24, 2.45) is 0 Å². The summed E-state index contributed by atoms with van der Waals surface area (Å²) in [6.45, 7) is 1.20. The molecule has 0 aromatic heterocycles. The summed E-state index contributed by atoms with van der Waals surface area (Å²) in [5.41, 5.74) is 1.39. The number of ether oxygens (including phenoxy) is 1. The Morgan fingerprint density at radius 2 is 1.63 bits per heavy atom. The zero-order chi connectivity index (χ0) is 13.1. The van der Waals surface area contributed by atoms with E-state index in [4.69, 9.17) is 4.74 Å². The molecule has 2 aromatic carbocycles. The highest BCUT2D eigenvalue weighted by molar-refractivity contribution is 5.34. The van der Waals surface area contributed by atoms with Gasteiger partial charge in [-0.2, -0.15) is 0 Å². The lowest BCUT2D eigenvalue weighted by molar-refractivity contribution is 0.317. The molecule has 1 aliphatic rings. The highest BCUT2D eigenvalue weighted by atomic mass is 16.5. The van der Waals surface area contributed by atoms with Gasteiger partial charge in [0.05, 0.1) is 0 Å². The van der Waals surface area contributed by atoms with E-state index in [-0.39, 0.29) is 0 Å². The second kappa shape index (κ2) is 5.45. The third-order valence-corrected chi connectivity index (χ3v) is 3.76. The minimum Gasteiger partial charge on any atom is -0.457 e. The second-order valence-corrected chi connectivity index (χ2v) is 5.12. The molecule has 0 aliphatic carbocycles. The van der Waals surface area contributed by atoms with Crippen molar-refractivity contribution in [1.29, 1.82) is 0 Å². The lowest BCUT2D eigenvalue weighted by Gasteiger charge is -2.19. The Bertz CT molecular complexity index is 521. The van der Waals surface area contributed by atoms with Gasteiger partial charge in [0.1, 0.15) is 11.5 Å². The van der Waals surface area contributed by atoms with Gasteiger partial charge in [0.2, 0.25) is 0 Å². The summed E-state index contributed by atoms with van der Waals surface area (Å²) >= 11 is 0. The summed E-state index contributed by atoms with van der Waals surface area (Å²) in [4.78, 5) is 2.42. The monoisotopic (exact) mass is 253 g/mol. The van der Waals surface area contributed by atoms with Gasteiger partial charge in [-0.15, -0.1) is 0 Å².